The van der Waals surface area contributed by atoms with Crippen LogP contribution in [-0.4, -0.2) is 19.4 Å². The second-order valence-corrected chi connectivity index (χ2v) is 4.56. The minimum Gasteiger partial charge on any atom is -0.234 e. The topological polar surface area (TPSA) is 30.2 Å². The van der Waals surface area contributed by atoms with E-state index in [9.17, 15) is 0 Å². The van der Waals surface area contributed by atoms with Crippen molar-refractivity contribution in [3.8, 4) is 0 Å². The highest BCUT2D eigenvalue weighted by molar-refractivity contribution is 9.09. The Hall–Kier alpha value is -0.900. The Labute approximate surface area is 91.3 Å². The van der Waals surface area contributed by atoms with Crippen LogP contribution in [0.3, 0.4) is 0 Å². The van der Waals surface area contributed by atoms with E-state index in [2.05, 4.69) is 32.9 Å². The summed E-state index contributed by atoms with van der Waals surface area (Å²) in [4.78, 5) is 5.01. The SMILES string of the molecule is CCC(Br)Cc1ccn2nccc2n1. The monoisotopic (exact) mass is 253 g/mol. The summed E-state index contributed by atoms with van der Waals surface area (Å²) in [5, 5.41) is 4.10. The lowest BCUT2D eigenvalue weighted by atomic mass is 10.2. The van der Waals surface area contributed by atoms with Crippen LogP contribution < -0.4 is 0 Å². The molecule has 4 heteroatoms. The van der Waals surface area contributed by atoms with Crippen LogP contribution in [0.1, 0.15) is 19.0 Å². The summed E-state index contributed by atoms with van der Waals surface area (Å²) in [6, 6.07) is 3.93. The van der Waals surface area contributed by atoms with E-state index in [1.165, 1.54) is 0 Å². The third-order valence-corrected chi connectivity index (χ3v) is 3.16. The number of hydrogen-bond acceptors (Lipinski definition) is 2. The van der Waals surface area contributed by atoms with Gasteiger partial charge in [0.05, 0.1) is 6.20 Å². The fraction of sp³-hybridized carbons (Fsp3) is 0.400. The maximum absolute atomic E-state index is 4.49. The molecule has 14 heavy (non-hydrogen) atoms. The Bertz CT molecular complexity index is 424. The highest BCUT2D eigenvalue weighted by Gasteiger charge is 2.04. The fourth-order valence-electron chi connectivity index (χ4n) is 1.34. The van der Waals surface area contributed by atoms with Gasteiger partial charge >= 0.3 is 0 Å². The Kier molecular flexibility index (Phi) is 2.82. The zero-order valence-electron chi connectivity index (χ0n) is 8.02. The van der Waals surface area contributed by atoms with Gasteiger partial charge in [-0.2, -0.15) is 5.10 Å². The molecule has 2 aromatic heterocycles. The van der Waals surface area contributed by atoms with Crippen LogP contribution in [0.25, 0.3) is 5.65 Å². The van der Waals surface area contributed by atoms with E-state index >= 15 is 0 Å². The first-order valence-corrected chi connectivity index (χ1v) is 5.64. The van der Waals surface area contributed by atoms with Gasteiger partial charge < -0.3 is 0 Å². The largest absolute Gasteiger partial charge is 0.234 e. The maximum atomic E-state index is 4.49. The molecule has 0 radical (unpaired) electrons. The first-order valence-electron chi connectivity index (χ1n) is 4.73. The number of hydrogen-bond donors (Lipinski definition) is 0. The van der Waals surface area contributed by atoms with Crippen molar-refractivity contribution in [2.24, 2.45) is 0 Å². The Morgan fingerprint density at radius 3 is 3.14 bits per heavy atom. The number of fused-ring (bicyclic) bond motifs is 1. The molecule has 0 saturated carbocycles. The standard InChI is InChI=1S/C10H12BrN3/c1-2-8(11)7-9-4-6-14-10(13-9)3-5-12-14/h3-6,8H,2,7H2,1H3. The van der Waals surface area contributed by atoms with Gasteiger partial charge in [0.2, 0.25) is 0 Å². The van der Waals surface area contributed by atoms with Crippen molar-refractivity contribution < 1.29 is 0 Å². The van der Waals surface area contributed by atoms with Crippen LogP contribution in [0.5, 0.6) is 0 Å². The quantitative estimate of drug-likeness (QED) is 0.787. The average Bonchev–Trinajstić information content (AvgIpc) is 2.64. The van der Waals surface area contributed by atoms with Crippen molar-refractivity contribution in [1.82, 2.24) is 14.6 Å². The van der Waals surface area contributed by atoms with Gasteiger partial charge in [0.1, 0.15) is 0 Å². The summed E-state index contributed by atoms with van der Waals surface area (Å²) in [6.07, 6.45) is 5.80. The van der Waals surface area contributed by atoms with Gasteiger partial charge in [-0.3, -0.25) is 0 Å². The van der Waals surface area contributed by atoms with Crippen LogP contribution in [0.15, 0.2) is 24.5 Å². The molecule has 0 bridgehead atoms. The summed E-state index contributed by atoms with van der Waals surface area (Å²) in [7, 11) is 0. The van der Waals surface area contributed by atoms with Gasteiger partial charge in [-0.25, -0.2) is 9.50 Å². The van der Waals surface area contributed by atoms with E-state index in [1.807, 2.05) is 18.3 Å². The van der Waals surface area contributed by atoms with Crippen LogP contribution >= 0.6 is 15.9 Å². The van der Waals surface area contributed by atoms with E-state index in [4.69, 9.17) is 0 Å². The number of aromatic nitrogens is 3. The van der Waals surface area contributed by atoms with Crippen molar-refractivity contribution >= 4 is 21.6 Å². The Balaban J connectivity index is 2.25. The second kappa shape index (κ2) is 4.09. The summed E-state index contributed by atoms with van der Waals surface area (Å²) in [6.45, 7) is 2.16. The molecule has 0 N–H and O–H groups in total. The number of alkyl halides is 1. The predicted octanol–water partition coefficient (Wildman–Crippen LogP) is 2.45. The summed E-state index contributed by atoms with van der Waals surface area (Å²) in [5.74, 6) is 0. The molecule has 74 valence electrons. The lowest BCUT2D eigenvalue weighted by molar-refractivity contribution is 0.802. The normalized spacial score (nSPS) is 13.3. The smallest absolute Gasteiger partial charge is 0.155 e. The molecule has 0 aromatic carbocycles. The number of halogens is 1. The van der Waals surface area contributed by atoms with Crippen molar-refractivity contribution in [2.75, 3.05) is 0 Å². The van der Waals surface area contributed by atoms with Gasteiger partial charge in [-0.15, -0.1) is 0 Å². The van der Waals surface area contributed by atoms with Gasteiger partial charge in [0.25, 0.3) is 0 Å². The summed E-state index contributed by atoms with van der Waals surface area (Å²) < 4.78 is 1.78. The highest BCUT2D eigenvalue weighted by Crippen LogP contribution is 2.11. The third kappa shape index (κ3) is 1.95. The fourth-order valence-corrected chi connectivity index (χ4v) is 1.67. The van der Waals surface area contributed by atoms with Crippen LogP contribution in [0, 0.1) is 0 Å². The van der Waals surface area contributed by atoms with E-state index in [-0.39, 0.29) is 0 Å². The highest BCUT2D eigenvalue weighted by atomic mass is 79.9. The molecule has 0 fully saturated rings. The van der Waals surface area contributed by atoms with Crippen molar-refractivity contribution in [2.45, 2.75) is 24.6 Å². The molecule has 0 aliphatic carbocycles. The van der Waals surface area contributed by atoms with Gasteiger partial charge in [-0.1, -0.05) is 22.9 Å². The predicted molar refractivity (Wildman–Crippen MR) is 59.7 cm³/mol. The maximum Gasteiger partial charge on any atom is 0.155 e. The zero-order valence-corrected chi connectivity index (χ0v) is 9.61. The van der Waals surface area contributed by atoms with E-state index < -0.39 is 0 Å². The Morgan fingerprint density at radius 1 is 1.50 bits per heavy atom. The van der Waals surface area contributed by atoms with Crippen LogP contribution in [-0.2, 0) is 6.42 Å². The average molecular weight is 254 g/mol. The van der Waals surface area contributed by atoms with E-state index in [0.29, 0.717) is 4.83 Å². The van der Waals surface area contributed by atoms with Crippen LogP contribution in [0.4, 0.5) is 0 Å². The molecule has 2 heterocycles. The summed E-state index contributed by atoms with van der Waals surface area (Å²) >= 11 is 3.61. The molecular formula is C10H12BrN3. The number of nitrogens with zero attached hydrogens (tertiary/aromatic N) is 3. The second-order valence-electron chi connectivity index (χ2n) is 3.26. The van der Waals surface area contributed by atoms with Crippen molar-refractivity contribution in [3.63, 3.8) is 0 Å². The molecule has 0 saturated heterocycles. The molecule has 0 amide bonds. The molecule has 1 unspecified atom stereocenters. The van der Waals surface area contributed by atoms with E-state index in [0.717, 1.165) is 24.2 Å². The Morgan fingerprint density at radius 2 is 2.36 bits per heavy atom. The molecule has 1 atom stereocenters. The molecular weight excluding hydrogens is 242 g/mol. The summed E-state index contributed by atoms with van der Waals surface area (Å²) in [5.41, 5.74) is 2.03. The van der Waals surface area contributed by atoms with Crippen molar-refractivity contribution in [3.05, 3.63) is 30.2 Å². The van der Waals surface area contributed by atoms with Gasteiger partial charge in [-0.05, 0) is 12.5 Å². The lowest BCUT2D eigenvalue weighted by Crippen LogP contribution is -2.03. The molecule has 0 aliphatic heterocycles. The van der Waals surface area contributed by atoms with Gasteiger partial charge in [0, 0.05) is 29.2 Å². The molecule has 2 aromatic rings. The molecule has 0 spiro atoms. The molecule has 0 aliphatic rings. The zero-order chi connectivity index (χ0) is 9.97. The third-order valence-electron chi connectivity index (χ3n) is 2.19. The van der Waals surface area contributed by atoms with E-state index in [1.54, 1.807) is 10.7 Å². The van der Waals surface area contributed by atoms with Crippen LogP contribution in [0.2, 0.25) is 0 Å². The molecule has 3 nitrogen and oxygen atoms in total. The number of rotatable bonds is 3. The van der Waals surface area contributed by atoms with Gasteiger partial charge in [0.15, 0.2) is 5.65 Å². The molecule has 2 rings (SSSR count). The lowest BCUT2D eigenvalue weighted by Gasteiger charge is -2.05. The van der Waals surface area contributed by atoms with Crippen molar-refractivity contribution in [1.29, 1.82) is 0 Å². The first kappa shape index (κ1) is 9.65. The minimum absolute atomic E-state index is 0.514. The first-order chi connectivity index (χ1) is 6.79. The minimum atomic E-state index is 0.514.